The molecule has 23 heteroatoms. The Labute approximate surface area is 496 Å². The predicted molar refractivity (Wildman–Crippen MR) is 316 cm³/mol. The van der Waals surface area contributed by atoms with E-state index in [9.17, 15) is 54.6 Å². The van der Waals surface area contributed by atoms with Gasteiger partial charge in [0.1, 0.15) is 46.1 Å². The van der Waals surface area contributed by atoms with E-state index in [-0.39, 0.29) is 97.3 Å². The number of phenols is 3. The van der Waals surface area contributed by atoms with Gasteiger partial charge >= 0.3 is 17.7 Å². The Morgan fingerprint density at radius 2 is 1.59 bits per heavy atom. The normalized spacial score (nSPS) is 29.9. The van der Waals surface area contributed by atoms with Gasteiger partial charge in [-0.15, -0.1) is 0 Å². The SMILES string of the molecule is CO[C@H]1/C=C/O[C@@]2(C)Oc3c(C)c(O)c4c(O)c(c(N5CCC(N(C)C6(C7CCN(c8c(F)cc9c(=O)c(C(=O)O)cn(C%10CC%10)c9c8Cl)C7)CC6)CC5)c(O)c4c3C2=O)NC(=O)/C(C)=C\C=C\[C@H](C)[C@H](O)[C@@H](N)[C@@H](O)[C@@H](C)[C@H](OC(C)=O)[C@@H]1C. The van der Waals surface area contributed by atoms with Gasteiger partial charge in [-0.3, -0.25) is 24.1 Å². The fraction of sp³-hybridized carbons (Fsp3) is 0.532. The number of carbonyl (C=O) groups excluding carboxylic acids is 3. The zero-order valence-corrected chi connectivity index (χ0v) is 49.9. The molecule has 21 nitrogen and oxygen atoms in total. The van der Waals surface area contributed by atoms with Crippen LogP contribution >= 0.6 is 11.6 Å². The summed E-state index contributed by atoms with van der Waals surface area (Å²) in [6, 6.07) is -0.181. The summed E-state index contributed by atoms with van der Waals surface area (Å²) in [6.45, 7) is 12.1. The molecule has 0 radical (unpaired) electrons. The molecule has 1 unspecified atom stereocenters. The Kier molecular flexibility index (Phi) is 16.6. The number of aliphatic hydroxyl groups is 2. The van der Waals surface area contributed by atoms with Crippen LogP contribution in [0.25, 0.3) is 21.7 Å². The second kappa shape index (κ2) is 23.0. The Morgan fingerprint density at radius 3 is 2.21 bits per heavy atom. The quantitative estimate of drug-likeness (QED) is 0.0456. The molecule has 10 atom stereocenters. The smallest absolute Gasteiger partial charge is 0.341 e. The molecule has 1 amide bonds. The van der Waals surface area contributed by atoms with Crippen LogP contribution in [0.4, 0.5) is 21.5 Å². The number of carboxylic acid groups (broad SMARTS) is 1. The Balaban J connectivity index is 0.969. The highest BCUT2D eigenvalue weighted by Crippen LogP contribution is 2.59. The van der Waals surface area contributed by atoms with Crippen LogP contribution in [-0.2, 0) is 23.8 Å². The standard InChI is InChI=1S/C62H76ClFN6O15/c1-28-11-10-12-29(2)59(79)66-46-49(68-22-16-35(17-23-68)67(8)62(19-20-62)34-15-21-69(26-34)48-39(64)25-37-47(44(48)63)70(36-13-14-36)27-38(53(37)75)60(80)81)55(77)41-42(54(46)76)51(73)31(4)57-43(41)58(78)61(7,85-57)83-24-18-40(82-9)30(3)56(84-33(6)71)32(5)52(74)45(65)50(28)72/h10-12,18,24-25,27-28,30,32,34-36,40,45,50,52,56,72-74,76-77H,13-17,19-23,26,65H2,1-9H3,(H,66,79)(H,80,81)/b11-10+,24-18+,29-12-/t28-,30+,32+,34?,40-,45+,50-,52-,56+,61-/m0/s1. The van der Waals surface area contributed by atoms with Gasteiger partial charge in [0.25, 0.3) is 11.7 Å². The zero-order chi connectivity index (χ0) is 61.6. The number of Topliss-reactive ketones (excluding diaryl/α,β-unsaturated/α-hetero) is 1. The van der Waals surface area contributed by atoms with Crippen LogP contribution in [0.5, 0.6) is 23.0 Å². The minimum Gasteiger partial charge on any atom is -0.507 e. The number of aromatic nitrogens is 1. The maximum absolute atomic E-state index is 16.3. The minimum absolute atomic E-state index is 0.00221. The third-order valence-corrected chi connectivity index (χ3v) is 19.5. The van der Waals surface area contributed by atoms with Crippen LogP contribution in [0.2, 0.25) is 5.02 Å². The number of hydrogen-bond donors (Lipinski definition) is 8. The highest BCUT2D eigenvalue weighted by atomic mass is 35.5. The number of methoxy groups -OCH3 is 1. The van der Waals surface area contributed by atoms with E-state index < -0.39 is 112 Å². The number of aliphatic hydroxyl groups excluding tert-OH is 2. The predicted octanol–water partition coefficient (Wildman–Crippen LogP) is 7.55. The number of aromatic carboxylic acids is 1. The number of rotatable bonds is 9. The van der Waals surface area contributed by atoms with E-state index in [2.05, 4.69) is 17.3 Å². The van der Waals surface area contributed by atoms with E-state index in [1.807, 2.05) is 9.80 Å². The largest absolute Gasteiger partial charge is 0.507 e. The Hall–Kier alpha value is -6.95. The number of halogens is 2. The number of nitrogens with two attached hydrogens (primary N) is 1. The number of nitrogens with zero attached hydrogens (tertiary/aromatic N) is 4. The Bertz CT molecular complexity index is 3550. The summed E-state index contributed by atoms with van der Waals surface area (Å²) in [5.41, 5.74) is 5.22. The molecule has 2 saturated heterocycles. The number of anilines is 3. The van der Waals surface area contributed by atoms with Gasteiger partial charge < -0.3 is 75.0 Å². The van der Waals surface area contributed by atoms with Gasteiger partial charge in [0.15, 0.2) is 5.75 Å². The lowest BCUT2D eigenvalue weighted by molar-refractivity contribution is -0.159. The van der Waals surface area contributed by atoms with Crippen molar-refractivity contribution in [3.63, 3.8) is 0 Å². The fourth-order valence-electron chi connectivity index (χ4n) is 13.7. The van der Waals surface area contributed by atoms with E-state index in [4.69, 9.17) is 36.3 Å². The van der Waals surface area contributed by atoms with Crippen molar-refractivity contribution in [3.05, 3.63) is 86.2 Å². The summed E-state index contributed by atoms with van der Waals surface area (Å²) >= 11 is 7.08. The van der Waals surface area contributed by atoms with Crippen LogP contribution < -0.4 is 31.0 Å². The number of pyridine rings is 1. The molecule has 9 N–H and O–H groups in total. The molecular weight excluding hydrogens is 1120 g/mol. The van der Waals surface area contributed by atoms with Gasteiger partial charge in [0, 0.05) is 105 Å². The van der Waals surface area contributed by atoms with E-state index in [0.717, 1.165) is 38.2 Å². The number of nitrogens with one attached hydrogen (secondary N) is 1. The number of carboxylic acids is 1. The summed E-state index contributed by atoms with van der Waals surface area (Å²) in [4.78, 5) is 73.2. The van der Waals surface area contributed by atoms with E-state index in [0.29, 0.717) is 31.4 Å². The van der Waals surface area contributed by atoms with Crippen molar-refractivity contribution in [1.29, 1.82) is 0 Å². The molecule has 3 aromatic carbocycles. The monoisotopic (exact) mass is 1200 g/mol. The summed E-state index contributed by atoms with van der Waals surface area (Å²) in [5.74, 6) is -10.3. The number of carbonyl (C=O) groups is 4. The second-order valence-corrected chi connectivity index (χ2v) is 24.7. The van der Waals surface area contributed by atoms with Crippen molar-refractivity contribution in [2.75, 3.05) is 55.5 Å². The summed E-state index contributed by atoms with van der Waals surface area (Å²) < 4.78 is 41.9. The van der Waals surface area contributed by atoms with Crippen molar-refractivity contribution in [2.45, 2.75) is 147 Å². The molecule has 2 aliphatic carbocycles. The number of esters is 1. The molecule has 2 saturated carbocycles. The van der Waals surface area contributed by atoms with Crippen molar-refractivity contribution in [3.8, 4) is 23.0 Å². The number of piperidine rings is 1. The number of aromatic hydroxyl groups is 3. The number of ether oxygens (including phenoxy) is 4. The number of ketones is 1. The second-order valence-electron chi connectivity index (χ2n) is 24.4. The molecule has 4 aromatic rings. The van der Waals surface area contributed by atoms with Crippen molar-refractivity contribution in [1.82, 2.24) is 9.47 Å². The first kappa shape index (κ1) is 61.1. The first-order chi connectivity index (χ1) is 40.2. The first-order valence-electron chi connectivity index (χ1n) is 29.0. The molecule has 458 valence electrons. The van der Waals surface area contributed by atoms with Crippen LogP contribution in [0, 0.1) is 36.4 Å². The van der Waals surface area contributed by atoms with E-state index >= 15 is 4.39 Å². The lowest BCUT2D eigenvalue weighted by Crippen LogP contribution is -2.53. The van der Waals surface area contributed by atoms with Crippen molar-refractivity contribution in [2.24, 2.45) is 29.4 Å². The van der Waals surface area contributed by atoms with E-state index in [1.54, 1.807) is 31.4 Å². The third kappa shape index (κ3) is 10.6. The number of hydrogen-bond acceptors (Lipinski definition) is 18. The average molecular weight is 1200 g/mol. The maximum Gasteiger partial charge on any atom is 0.341 e. The molecular formula is C62H76ClFN6O15. The Morgan fingerprint density at radius 1 is 0.918 bits per heavy atom. The fourth-order valence-corrected chi connectivity index (χ4v) is 14.1. The maximum atomic E-state index is 16.3. The van der Waals surface area contributed by atoms with Gasteiger partial charge in [-0.2, -0.15) is 0 Å². The minimum atomic E-state index is -2.12. The van der Waals surface area contributed by atoms with Gasteiger partial charge in [-0.05, 0) is 83.9 Å². The number of phenolic OH excluding ortho intramolecular Hbond substituents is 3. The molecule has 11 rings (SSSR count). The number of amides is 1. The van der Waals surface area contributed by atoms with Gasteiger partial charge in [0.2, 0.25) is 5.43 Å². The summed E-state index contributed by atoms with van der Waals surface area (Å²) in [5, 5.41) is 72.3. The van der Waals surface area contributed by atoms with Gasteiger partial charge in [-0.1, -0.05) is 50.6 Å². The summed E-state index contributed by atoms with van der Waals surface area (Å²) in [6.07, 6.45) is 9.07. The van der Waals surface area contributed by atoms with Crippen LogP contribution in [0.1, 0.15) is 119 Å². The topological polar surface area (TPSA) is 296 Å². The van der Waals surface area contributed by atoms with Crippen LogP contribution in [0.15, 0.2) is 53.2 Å². The third-order valence-electron chi connectivity index (χ3n) is 19.1. The number of allylic oxidation sites excluding steroid dienone is 2. The lowest BCUT2D eigenvalue weighted by atomic mass is 9.81. The molecule has 5 bridgehead atoms. The molecule has 1 aromatic heterocycles. The van der Waals surface area contributed by atoms with Gasteiger partial charge in [0.05, 0.1) is 63.2 Å². The van der Waals surface area contributed by atoms with Gasteiger partial charge in [-0.25, -0.2) is 9.18 Å². The molecule has 5 aliphatic heterocycles. The zero-order valence-electron chi connectivity index (χ0n) is 49.2. The molecule has 0 spiro atoms. The highest BCUT2D eigenvalue weighted by Gasteiger charge is 2.56. The molecule has 85 heavy (non-hydrogen) atoms. The molecule has 6 heterocycles. The average Bonchev–Trinajstić information content (AvgIpc) is 1.71. The highest BCUT2D eigenvalue weighted by molar-refractivity contribution is 6.38. The molecule has 7 aliphatic rings. The number of fused-ring (bicyclic) bond motifs is 15. The first-order valence-corrected chi connectivity index (χ1v) is 29.4. The summed E-state index contributed by atoms with van der Waals surface area (Å²) in [7, 11) is 3.49. The lowest BCUT2D eigenvalue weighted by Gasteiger charge is -2.44. The molecule has 4 fully saturated rings. The number of benzene rings is 3. The van der Waals surface area contributed by atoms with Crippen LogP contribution in [0.3, 0.4) is 0 Å². The van der Waals surface area contributed by atoms with Crippen LogP contribution in [-0.4, -0.2) is 152 Å². The van der Waals surface area contributed by atoms with Crippen molar-refractivity contribution < 1.29 is 73.2 Å². The van der Waals surface area contributed by atoms with Crippen molar-refractivity contribution >= 4 is 74.0 Å². The van der Waals surface area contributed by atoms with E-state index in [1.165, 1.54) is 65.5 Å².